The zero-order chi connectivity index (χ0) is 28.8. The standard InChI is InChI=1S/C24H21F4N3O7S/c1-30-6-5-11(9-24(30)37-21(35)19(33)20(34)22(36)38-24)18(32)10-3-2-4-12(7-10)31(23(29)39)14-8-13(25)15(26)17(28)16(14)27/h2-4,7-8,11,19-20,33-34H,5-6,9H2,1H3,(H2,29,39). The number of aliphatic hydroxyl groups excluding tert-OH is 2. The summed E-state index contributed by atoms with van der Waals surface area (Å²) in [6.07, 6.45) is -4.55. The SMILES string of the molecule is CN1CCC(C(=O)c2cccc(N(C(N)=S)c3cc(F)c(F)c(F)c3F)c2)CC12OC(=O)C(O)C(O)C(=O)O2. The normalized spacial score (nSPS) is 25.6. The lowest BCUT2D eigenvalue weighted by Gasteiger charge is -2.43. The van der Waals surface area contributed by atoms with Crippen molar-refractivity contribution in [2.24, 2.45) is 11.7 Å². The van der Waals surface area contributed by atoms with E-state index in [1.165, 1.54) is 36.2 Å². The van der Waals surface area contributed by atoms with Gasteiger partial charge in [-0.1, -0.05) is 12.1 Å². The fourth-order valence-corrected chi connectivity index (χ4v) is 4.61. The first-order valence-electron chi connectivity index (χ1n) is 11.4. The predicted octanol–water partition coefficient (Wildman–Crippen LogP) is 1.62. The Labute approximate surface area is 223 Å². The summed E-state index contributed by atoms with van der Waals surface area (Å²) in [6.45, 7) is 0.0845. The number of hydrogen-bond donors (Lipinski definition) is 3. The molecule has 3 unspecified atom stereocenters. The van der Waals surface area contributed by atoms with Crippen LogP contribution < -0.4 is 10.6 Å². The number of carbonyl (C=O) groups excluding carboxylic acids is 3. The molecule has 4 rings (SSSR count). The van der Waals surface area contributed by atoms with E-state index in [2.05, 4.69) is 0 Å². The Morgan fingerprint density at radius 1 is 1.08 bits per heavy atom. The number of halogens is 4. The van der Waals surface area contributed by atoms with Crippen LogP contribution in [-0.4, -0.2) is 69.7 Å². The molecule has 0 aromatic heterocycles. The summed E-state index contributed by atoms with van der Waals surface area (Å²) in [4.78, 5) is 40.0. The summed E-state index contributed by atoms with van der Waals surface area (Å²) in [5, 5.41) is 19.0. The van der Waals surface area contributed by atoms with Gasteiger partial charge in [-0.3, -0.25) is 9.69 Å². The molecule has 2 aromatic rings. The summed E-state index contributed by atoms with van der Waals surface area (Å²) < 4.78 is 66.3. The van der Waals surface area contributed by atoms with Crippen LogP contribution in [0.5, 0.6) is 0 Å². The van der Waals surface area contributed by atoms with E-state index in [1.807, 2.05) is 0 Å². The number of nitrogens with two attached hydrogens (primary N) is 1. The highest BCUT2D eigenvalue weighted by molar-refractivity contribution is 7.80. The Morgan fingerprint density at radius 3 is 2.28 bits per heavy atom. The molecule has 2 saturated heterocycles. The molecule has 0 radical (unpaired) electrons. The first-order valence-corrected chi connectivity index (χ1v) is 11.8. The number of nitrogens with zero attached hydrogens (tertiary/aromatic N) is 2. The minimum Gasteiger partial charge on any atom is -0.406 e. The fourth-order valence-electron chi connectivity index (χ4n) is 4.41. The number of rotatable bonds is 4. The molecule has 4 N–H and O–H groups in total. The van der Waals surface area contributed by atoms with E-state index >= 15 is 0 Å². The highest BCUT2D eigenvalue weighted by Crippen LogP contribution is 2.38. The Kier molecular flexibility index (Phi) is 7.62. The van der Waals surface area contributed by atoms with Crippen molar-refractivity contribution in [1.29, 1.82) is 0 Å². The zero-order valence-corrected chi connectivity index (χ0v) is 20.9. The number of carbonyl (C=O) groups is 3. The second-order valence-corrected chi connectivity index (χ2v) is 9.38. The van der Waals surface area contributed by atoms with Gasteiger partial charge in [-0.2, -0.15) is 0 Å². The Bertz CT molecular complexity index is 1360. The van der Waals surface area contributed by atoms with Crippen LogP contribution in [0.1, 0.15) is 23.2 Å². The third-order valence-corrected chi connectivity index (χ3v) is 6.69. The van der Waals surface area contributed by atoms with Crippen LogP contribution >= 0.6 is 12.2 Å². The van der Waals surface area contributed by atoms with Crippen LogP contribution in [0.25, 0.3) is 0 Å². The lowest BCUT2D eigenvalue weighted by Crippen LogP contribution is -2.57. The van der Waals surface area contributed by atoms with Gasteiger partial charge in [0.15, 0.2) is 46.4 Å². The first kappa shape index (κ1) is 28.4. The van der Waals surface area contributed by atoms with E-state index in [4.69, 9.17) is 27.4 Å². The average Bonchev–Trinajstić information content (AvgIpc) is 2.97. The topological polar surface area (TPSA) is 143 Å². The number of ketones is 1. The zero-order valence-electron chi connectivity index (χ0n) is 20.1. The van der Waals surface area contributed by atoms with Gasteiger partial charge in [0.05, 0.1) is 12.1 Å². The van der Waals surface area contributed by atoms with Crippen LogP contribution in [0.3, 0.4) is 0 Å². The number of benzene rings is 2. The monoisotopic (exact) mass is 571 g/mol. The molecule has 3 atom stereocenters. The van der Waals surface area contributed by atoms with E-state index in [0.29, 0.717) is 11.0 Å². The largest absolute Gasteiger partial charge is 0.406 e. The van der Waals surface area contributed by atoms with Crippen molar-refractivity contribution < 1.29 is 51.6 Å². The van der Waals surface area contributed by atoms with E-state index in [1.54, 1.807) is 0 Å². The fraction of sp³-hybridized carbons (Fsp3) is 0.333. The van der Waals surface area contributed by atoms with Crippen molar-refractivity contribution in [2.75, 3.05) is 18.5 Å². The van der Waals surface area contributed by atoms with E-state index in [0.717, 1.165) is 0 Å². The molecule has 0 bridgehead atoms. The van der Waals surface area contributed by atoms with Crippen molar-refractivity contribution in [3.63, 3.8) is 0 Å². The lowest BCUT2D eigenvalue weighted by molar-refractivity contribution is -0.294. The molecule has 1 spiro atoms. The number of aliphatic hydroxyl groups is 2. The lowest BCUT2D eigenvalue weighted by atomic mass is 9.86. The third kappa shape index (κ3) is 5.05. The minimum atomic E-state index is -2.19. The van der Waals surface area contributed by atoms with Crippen molar-refractivity contribution in [2.45, 2.75) is 31.0 Å². The molecule has 39 heavy (non-hydrogen) atoms. The van der Waals surface area contributed by atoms with Crippen LogP contribution in [0.4, 0.5) is 28.9 Å². The summed E-state index contributed by atoms with van der Waals surface area (Å²) in [6, 6.07) is 5.59. The Hall–Kier alpha value is -3.66. The maximum absolute atomic E-state index is 14.6. The third-order valence-electron chi connectivity index (χ3n) is 6.51. The number of piperidine rings is 1. The maximum atomic E-state index is 14.6. The van der Waals surface area contributed by atoms with Gasteiger partial charge in [-0.25, -0.2) is 32.1 Å². The van der Waals surface area contributed by atoms with Gasteiger partial charge in [-0.05, 0) is 37.8 Å². The molecule has 2 heterocycles. The van der Waals surface area contributed by atoms with Gasteiger partial charge < -0.3 is 25.4 Å². The second kappa shape index (κ2) is 10.5. The van der Waals surface area contributed by atoms with Gasteiger partial charge in [0.2, 0.25) is 0 Å². The molecule has 2 aromatic carbocycles. The first-order chi connectivity index (χ1) is 18.3. The van der Waals surface area contributed by atoms with Gasteiger partial charge in [0.25, 0.3) is 0 Å². The molecular formula is C24H21F4N3O7S. The predicted molar refractivity (Wildman–Crippen MR) is 128 cm³/mol. The van der Waals surface area contributed by atoms with Crippen molar-refractivity contribution in [1.82, 2.24) is 4.90 Å². The van der Waals surface area contributed by atoms with Crippen molar-refractivity contribution >= 4 is 46.4 Å². The van der Waals surface area contributed by atoms with Gasteiger partial charge >= 0.3 is 17.8 Å². The molecule has 2 aliphatic rings. The van der Waals surface area contributed by atoms with Gasteiger partial charge in [-0.15, -0.1) is 0 Å². The number of Topliss-reactive ketones (excluding diaryl/α,β-unsaturated/α-hetero) is 1. The number of hydrogen-bond acceptors (Lipinski definition) is 9. The molecule has 2 fully saturated rings. The molecule has 15 heteroatoms. The number of thiocarbonyl (C=S) groups is 1. The molecule has 0 saturated carbocycles. The molecule has 2 aliphatic heterocycles. The van der Waals surface area contributed by atoms with Crippen molar-refractivity contribution in [3.8, 4) is 0 Å². The minimum absolute atomic E-state index is 0.00624. The van der Waals surface area contributed by atoms with Gasteiger partial charge in [0, 0.05) is 29.8 Å². The van der Waals surface area contributed by atoms with Crippen molar-refractivity contribution in [3.05, 3.63) is 59.2 Å². The van der Waals surface area contributed by atoms with E-state index < -0.39 is 75.8 Å². The Balaban J connectivity index is 1.67. The summed E-state index contributed by atoms with van der Waals surface area (Å²) in [5.74, 6) is -13.8. The highest BCUT2D eigenvalue weighted by Gasteiger charge is 2.54. The molecule has 0 aliphatic carbocycles. The van der Waals surface area contributed by atoms with Gasteiger partial charge in [0.1, 0.15) is 0 Å². The number of esters is 2. The smallest absolute Gasteiger partial charge is 0.342 e. The second-order valence-electron chi connectivity index (χ2n) is 8.96. The summed E-state index contributed by atoms with van der Waals surface area (Å²) in [7, 11) is 1.45. The quantitative estimate of drug-likeness (QED) is 0.123. The summed E-state index contributed by atoms with van der Waals surface area (Å²) in [5.41, 5.74) is 4.74. The molecular weight excluding hydrogens is 550 g/mol. The summed E-state index contributed by atoms with van der Waals surface area (Å²) >= 11 is 4.91. The number of ether oxygens (including phenoxy) is 2. The van der Waals surface area contributed by atoms with Crippen LogP contribution in [-0.2, 0) is 19.1 Å². The molecule has 0 amide bonds. The van der Waals surface area contributed by atoms with Crippen LogP contribution in [0.15, 0.2) is 30.3 Å². The average molecular weight is 572 g/mol. The Morgan fingerprint density at radius 2 is 1.69 bits per heavy atom. The van der Waals surface area contributed by atoms with Crippen LogP contribution in [0, 0.1) is 29.2 Å². The maximum Gasteiger partial charge on any atom is 0.342 e. The van der Waals surface area contributed by atoms with Crippen LogP contribution in [0.2, 0.25) is 0 Å². The van der Waals surface area contributed by atoms with E-state index in [-0.39, 0.29) is 30.6 Å². The molecule has 10 nitrogen and oxygen atoms in total. The number of anilines is 2. The molecule has 208 valence electrons. The number of likely N-dealkylation sites (tertiary alicyclic amines) is 1. The highest BCUT2D eigenvalue weighted by atomic mass is 32.1. The van der Waals surface area contributed by atoms with E-state index in [9.17, 15) is 42.2 Å².